The van der Waals surface area contributed by atoms with Crippen LogP contribution in [0.1, 0.15) is 5.01 Å². The molecule has 0 fully saturated rings. The van der Waals surface area contributed by atoms with Crippen molar-refractivity contribution < 1.29 is 0 Å². The van der Waals surface area contributed by atoms with Crippen LogP contribution in [0.5, 0.6) is 0 Å². The van der Waals surface area contributed by atoms with Crippen LogP contribution in [0.4, 0.5) is 0 Å². The molecule has 0 aliphatic heterocycles. The molecular formula is C5H4INS. The molecule has 0 aliphatic rings. The monoisotopic (exact) mass is 237 g/mol. The van der Waals surface area contributed by atoms with Crippen LogP contribution in [0.3, 0.4) is 0 Å². The number of aromatic nitrogens is 1. The number of thiazole rings is 1. The summed E-state index contributed by atoms with van der Waals surface area (Å²) < 4.78 is 1.95. The molecule has 1 rings (SSSR count). The van der Waals surface area contributed by atoms with Gasteiger partial charge < -0.3 is 0 Å². The molecule has 0 atom stereocenters. The van der Waals surface area contributed by atoms with Crippen LogP contribution in [0.25, 0.3) is 6.08 Å². The minimum Gasteiger partial charge on any atom is -0.245 e. The Labute approximate surface area is 65.6 Å². The summed E-state index contributed by atoms with van der Waals surface area (Å²) in [5.74, 6) is 0. The summed E-state index contributed by atoms with van der Waals surface area (Å²) in [5.41, 5.74) is 0. The van der Waals surface area contributed by atoms with Crippen molar-refractivity contribution in [3.63, 3.8) is 0 Å². The molecule has 0 N–H and O–H groups in total. The number of halogens is 1. The zero-order valence-electron chi connectivity index (χ0n) is 4.04. The molecule has 1 nitrogen and oxygen atoms in total. The summed E-state index contributed by atoms with van der Waals surface area (Å²) >= 11 is 3.82. The molecule has 1 heterocycles. The lowest BCUT2D eigenvalue weighted by Gasteiger charge is -1.72. The lowest BCUT2D eigenvalue weighted by Crippen LogP contribution is -1.59. The Kier molecular flexibility index (Phi) is 2.48. The largest absolute Gasteiger partial charge is 0.245 e. The molecule has 1 aromatic rings. The molecular weight excluding hydrogens is 233 g/mol. The highest BCUT2D eigenvalue weighted by atomic mass is 127. The molecule has 8 heavy (non-hydrogen) atoms. The first-order chi connectivity index (χ1) is 3.93. The predicted molar refractivity (Wildman–Crippen MR) is 45.2 cm³/mol. The van der Waals surface area contributed by atoms with E-state index in [2.05, 4.69) is 27.6 Å². The van der Waals surface area contributed by atoms with E-state index in [1.165, 1.54) is 0 Å². The fourth-order valence-electron chi connectivity index (χ4n) is 0.371. The fourth-order valence-corrected chi connectivity index (χ4v) is 1.48. The summed E-state index contributed by atoms with van der Waals surface area (Å²) in [6, 6.07) is 0. The van der Waals surface area contributed by atoms with Crippen molar-refractivity contribution in [3.05, 3.63) is 20.7 Å². The first-order valence-electron chi connectivity index (χ1n) is 2.10. The van der Waals surface area contributed by atoms with E-state index in [0.717, 1.165) is 5.01 Å². The standard InChI is InChI=1S/C5H4INS/c6-2-1-5-7-3-4-8-5/h1-4H/b2-1+. The molecule has 0 radical (unpaired) electrons. The van der Waals surface area contributed by atoms with Gasteiger partial charge in [-0.15, -0.1) is 11.3 Å². The van der Waals surface area contributed by atoms with E-state index in [4.69, 9.17) is 0 Å². The molecule has 0 spiro atoms. The maximum Gasteiger partial charge on any atom is 0.116 e. The van der Waals surface area contributed by atoms with E-state index in [1.54, 1.807) is 17.5 Å². The topological polar surface area (TPSA) is 12.9 Å². The Morgan fingerprint density at radius 2 is 2.62 bits per heavy atom. The molecule has 42 valence electrons. The maximum atomic E-state index is 4.03. The molecule has 0 aromatic carbocycles. The Hall–Kier alpha value is 0.1000. The molecule has 3 heteroatoms. The zero-order valence-corrected chi connectivity index (χ0v) is 7.02. The highest BCUT2D eigenvalue weighted by molar-refractivity contribution is 14.1. The van der Waals surface area contributed by atoms with Crippen LogP contribution in [-0.2, 0) is 0 Å². The van der Waals surface area contributed by atoms with E-state index < -0.39 is 0 Å². The number of rotatable bonds is 1. The van der Waals surface area contributed by atoms with Gasteiger partial charge in [-0.05, 0) is 10.2 Å². The van der Waals surface area contributed by atoms with E-state index in [9.17, 15) is 0 Å². The third-order valence-corrected chi connectivity index (χ3v) is 1.76. The minimum atomic E-state index is 1.07. The average molecular weight is 237 g/mol. The molecule has 0 saturated carbocycles. The van der Waals surface area contributed by atoms with Crippen molar-refractivity contribution in [1.29, 1.82) is 0 Å². The molecule has 0 aliphatic carbocycles. The maximum absolute atomic E-state index is 4.03. The van der Waals surface area contributed by atoms with Crippen LogP contribution in [-0.4, -0.2) is 4.98 Å². The zero-order chi connectivity index (χ0) is 5.82. The van der Waals surface area contributed by atoms with E-state index >= 15 is 0 Å². The lowest BCUT2D eigenvalue weighted by atomic mass is 10.7. The van der Waals surface area contributed by atoms with Gasteiger partial charge in [-0.2, -0.15) is 0 Å². The third-order valence-electron chi connectivity index (χ3n) is 0.657. The van der Waals surface area contributed by atoms with Gasteiger partial charge in [-0.1, -0.05) is 22.6 Å². The van der Waals surface area contributed by atoms with E-state index in [1.807, 2.05) is 15.5 Å². The van der Waals surface area contributed by atoms with Crippen molar-refractivity contribution in [1.82, 2.24) is 4.98 Å². The summed E-state index contributed by atoms with van der Waals surface area (Å²) in [4.78, 5) is 4.03. The second-order valence-corrected chi connectivity index (χ2v) is 2.81. The van der Waals surface area contributed by atoms with Gasteiger partial charge in [-0.25, -0.2) is 4.98 Å². The van der Waals surface area contributed by atoms with E-state index in [0.29, 0.717) is 0 Å². The summed E-state index contributed by atoms with van der Waals surface area (Å²) in [6.07, 6.45) is 3.78. The van der Waals surface area contributed by atoms with Crippen molar-refractivity contribution in [3.8, 4) is 0 Å². The number of hydrogen-bond donors (Lipinski definition) is 0. The van der Waals surface area contributed by atoms with Crippen LogP contribution in [0.15, 0.2) is 15.7 Å². The summed E-state index contributed by atoms with van der Waals surface area (Å²) in [7, 11) is 0. The van der Waals surface area contributed by atoms with Gasteiger partial charge in [-0.3, -0.25) is 0 Å². The highest BCUT2D eigenvalue weighted by Crippen LogP contribution is 2.06. The molecule has 0 amide bonds. The quantitative estimate of drug-likeness (QED) is 0.684. The van der Waals surface area contributed by atoms with Crippen LogP contribution in [0, 0.1) is 0 Å². The highest BCUT2D eigenvalue weighted by Gasteiger charge is 1.82. The number of hydrogen-bond acceptors (Lipinski definition) is 2. The first kappa shape index (κ1) is 6.22. The Morgan fingerprint density at radius 1 is 1.75 bits per heavy atom. The third kappa shape index (κ3) is 1.56. The second kappa shape index (κ2) is 3.19. The van der Waals surface area contributed by atoms with Gasteiger partial charge in [0.15, 0.2) is 0 Å². The van der Waals surface area contributed by atoms with Crippen molar-refractivity contribution in [2.45, 2.75) is 0 Å². The van der Waals surface area contributed by atoms with Crippen molar-refractivity contribution in [2.24, 2.45) is 0 Å². The lowest BCUT2D eigenvalue weighted by molar-refractivity contribution is 1.40. The molecule has 0 bridgehead atoms. The van der Waals surface area contributed by atoms with Gasteiger partial charge in [0.05, 0.1) is 0 Å². The van der Waals surface area contributed by atoms with Crippen LogP contribution < -0.4 is 0 Å². The van der Waals surface area contributed by atoms with E-state index in [-0.39, 0.29) is 0 Å². The van der Waals surface area contributed by atoms with Crippen LogP contribution in [0.2, 0.25) is 0 Å². The normalized spacial score (nSPS) is 10.6. The van der Waals surface area contributed by atoms with Gasteiger partial charge in [0.1, 0.15) is 5.01 Å². The summed E-state index contributed by atoms with van der Waals surface area (Å²) in [6.45, 7) is 0. The first-order valence-corrected chi connectivity index (χ1v) is 4.22. The van der Waals surface area contributed by atoms with Gasteiger partial charge in [0.25, 0.3) is 0 Å². The van der Waals surface area contributed by atoms with Gasteiger partial charge in [0, 0.05) is 11.6 Å². The SMILES string of the molecule is I/C=C/c1nccs1. The van der Waals surface area contributed by atoms with Gasteiger partial charge >= 0.3 is 0 Å². The minimum absolute atomic E-state index is 1.07. The smallest absolute Gasteiger partial charge is 0.116 e. The Morgan fingerprint density at radius 3 is 3.12 bits per heavy atom. The Bertz CT molecular complexity index is 169. The predicted octanol–water partition coefficient (Wildman–Crippen LogP) is 2.55. The van der Waals surface area contributed by atoms with Gasteiger partial charge in [0.2, 0.25) is 0 Å². The van der Waals surface area contributed by atoms with Crippen molar-refractivity contribution >= 4 is 40.0 Å². The average Bonchev–Trinajstić information content (AvgIpc) is 2.19. The summed E-state index contributed by atoms with van der Waals surface area (Å²) in [5, 5.41) is 3.03. The Balaban J connectivity index is 2.77. The molecule has 0 unspecified atom stereocenters. The second-order valence-electron chi connectivity index (χ2n) is 1.16. The molecule has 1 aromatic heterocycles. The number of nitrogens with zero attached hydrogens (tertiary/aromatic N) is 1. The van der Waals surface area contributed by atoms with Crippen molar-refractivity contribution in [2.75, 3.05) is 0 Å². The molecule has 0 saturated heterocycles. The van der Waals surface area contributed by atoms with Crippen LogP contribution >= 0.6 is 33.9 Å². The fraction of sp³-hybridized carbons (Fsp3) is 0.